The lowest BCUT2D eigenvalue weighted by molar-refractivity contribution is 0.325. The molecule has 0 saturated carbocycles. The minimum Gasteiger partial charge on any atom is -0.478 e. The predicted octanol–water partition coefficient (Wildman–Crippen LogP) is 5.34. The van der Waals surface area contributed by atoms with E-state index in [0.717, 1.165) is 0 Å². The van der Waals surface area contributed by atoms with Crippen molar-refractivity contribution in [2.45, 2.75) is 13.8 Å². The molecule has 1 aromatic heterocycles. The van der Waals surface area contributed by atoms with Crippen LogP contribution >= 0.6 is 0 Å². The number of hydrogen-bond donors (Lipinski definition) is 2. The molecule has 5 nitrogen and oxygen atoms in total. The van der Waals surface area contributed by atoms with Crippen molar-refractivity contribution in [3.63, 3.8) is 0 Å². The van der Waals surface area contributed by atoms with Crippen molar-refractivity contribution in [1.82, 2.24) is 0 Å². The van der Waals surface area contributed by atoms with Gasteiger partial charge in [0.15, 0.2) is 0 Å². The first-order valence-corrected chi connectivity index (χ1v) is 8.22. The van der Waals surface area contributed by atoms with E-state index in [0.29, 0.717) is 0 Å². The summed E-state index contributed by atoms with van der Waals surface area (Å²) in [4.78, 5) is 0. The summed E-state index contributed by atoms with van der Waals surface area (Å²) in [6.45, 7) is 3.49. The van der Waals surface area contributed by atoms with Crippen LogP contribution in [0.25, 0.3) is 22.6 Å². The average Bonchev–Trinajstić information content (AvgIpc) is 3.26. The molecule has 3 aromatic rings. The van der Waals surface area contributed by atoms with Gasteiger partial charge in [-0.25, -0.2) is 0 Å². The van der Waals surface area contributed by atoms with Gasteiger partial charge in [0, 0.05) is 22.3 Å². The Balaban J connectivity index is 2.18. The third-order valence-electron chi connectivity index (χ3n) is 3.38. The van der Waals surface area contributed by atoms with Crippen LogP contribution in [-0.4, -0.2) is 25.0 Å². The molecule has 0 atom stereocenters. The van der Waals surface area contributed by atoms with Crippen LogP contribution in [0.1, 0.15) is 35.9 Å². The molecular formula is C22H22N2O3. The SMILES string of the molecule is [2H]c1c([2H])c(-c2ccc(-c3c([2H])c([2H])c(C(=N)OCC)c([2H])c3[2H])o2)c([2H])c([2H])c1C(=N)OCC. The Bertz CT molecular complexity index is 1200. The maximum atomic E-state index is 8.34. The van der Waals surface area contributed by atoms with E-state index in [9.17, 15) is 0 Å². The fourth-order valence-electron chi connectivity index (χ4n) is 2.14. The summed E-state index contributed by atoms with van der Waals surface area (Å²) in [6, 6.07) is -1.12. The Hall–Kier alpha value is -3.34. The second-order valence-electron chi connectivity index (χ2n) is 5.19. The van der Waals surface area contributed by atoms with E-state index >= 15 is 0 Å². The number of benzene rings is 2. The van der Waals surface area contributed by atoms with Gasteiger partial charge in [-0.05, 0) is 50.1 Å². The van der Waals surface area contributed by atoms with Crippen LogP contribution in [0, 0.1) is 10.8 Å². The molecule has 0 saturated heterocycles. The van der Waals surface area contributed by atoms with Crippen molar-refractivity contribution >= 4 is 11.8 Å². The molecular weight excluding hydrogens is 340 g/mol. The molecule has 0 unspecified atom stereocenters. The molecule has 0 radical (unpaired) electrons. The summed E-state index contributed by atoms with van der Waals surface area (Å²) in [7, 11) is 0. The van der Waals surface area contributed by atoms with Crippen molar-refractivity contribution in [2.24, 2.45) is 0 Å². The van der Waals surface area contributed by atoms with Gasteiger partial charge >= 0.3 is 0 Å². The predicted molar refractivity (Wildman–Crippen MR) is 106 cm³/mol. The van der Waals surface area contributed by atoms with Crippen LogP contribution in [0.4, 0.5) is 0 Å². The second kappa shape index (κ2) is 8.36. The monoisotopic (exact) mass is 370 g/mol. The first-order valence-electron chi connectivity index (χ1n) is 12.2. The lowest BCUT2D eigenvalue weighted by atomic mass is 10.1. The van der Waals surface area contributed by atoms with E-state index in [1.165, 1.54) is 12.1 Å². The standard InChI is InChI=1S/C22H22N2O3/c1-3-25-21(23)17-9-5-15(6-10-17)19-13-14-20(27-19)16-7-11-18(12-8-16)22(24)26-4-2/h5-14,23-24H,3-4H2,1-2H3/i5D,6D,7D,8D,9D,10D,11D,12D. The molecule has 0 aliphatic heterocycles. The quantitative estimate of drug-likeness (QED) is 0.454. The summed E-state index contributed by atoms with van der Waals surface area (Å²) < 4.78 is 82.1. The first kappa shape index (κ1) is 10.7. The molecule has 2 N–H and O–H groups in total. The van der Waals surface area contributed by atoms with Crippen molar-refractivity contribution in [3.8, 4) is 22.6 Å². The van der Waals surface area contributed by atoms with Gasteiger partial charge in [0.2, 0.25) is 11.8 Å². The highest BCUT2D eigenvalue weighted by molar-refractivity contribution is 5.92. The lowest BCUT2D eigenvalue weighted by Crippen LogP contribution is -2.04. The van der Waals surface area contributed by atoms with Gasteiger partial charge in [0.1, 0.15) is 11.5 Å². The van der Waals surface area contributed by atoms with E-state index in [-0.39, 0.29) is 47.0 Å². The fraction of sp³-hybridized carbons (Fsp3) is 0.182. The molecule has 1 heterocycles. The molecule has 0 aliphatic rings. The smallest absolute Gasteiger partial charge is 0.213 e. The summed E-state index contributed by atoms with van der Waals surface area (Å²) in [5.41, 5.74) is -0.956. The summed E-state index contributed by atoms with van der Waals surface area (Å²) in [5.74, 6) is -1.15. The van der Waals surface area contributed by atoms with Crippen LogP contribution in [0.2, 0.25) is 0 Å². The van der Waals surface area contributed by atoms with Crippen molar-refractivity contribution < 1.29 is 24.9 Å². The molecule has 0 aliphatic carbocycles. The van der Waals surface area contributed by atoms with Gasteiger partial charge in [0.05, 0.1) is 24.2 Å². The normalized spacial score (nSPS) is 14.6. The molecule has 0 amide bonds. The zero-order valence-corrected chi connectivity index (χ0v) is 14.8. The number of hydrogen-bond acceptors (Lipinski definition) is 5. The summed E-state index contributed by atoms with van der Waals surface area (Å²) >= 11 is 0. The van der Waals surface area contributed by atoms with Gasteiger partial charge in [-0.15, -0.1) is 0 Å². The largest absolute Gasteiger partial charge is 0.478 e. The third kappa shape index (κ3) is 4.26. The number of ether oxygens (including phenoxy) is 2. The molecule has 3 rings (SSSR count). The Kier molecular flexibility index (Phi) is 3.32. The minimum atomic E-state index is -0.488. The maximum Gasteiger partial charge on any atom is 0.213 e. The van der Waals surface area contributed by atoms with E-state index < -0.39 is 60.1 Å². The topological polar surface area (TPSA) is 79.3 Å². The van der Waals surface area contributed by atoms with E-state index in [4.69, 9.17) is 35.7 Å². The Labute approximate surface area is 169 Å². The molecule has 138 valence electrons. The Morgan fingerprint density at radius 3 is 1.48 bits per heavy atom. The maximum absolute atomic E-state index is 8.34. The molecule has 5 heteroatoms. The zero-order valence-electron chi connectivity index (χ0n) is 22.8. The van der Waals surface area contributed by atoms with E-state index in [1.807, 2.05) is 0 Å². The van der Waals surface area contributed by atoms with Crippen molar-refractivity contribution in [3.05, 3.63) is 71.6 Å². The number of furan rings is 1. The third-order valence-corrected chi connectivity index (χ3v) is 3.38. The minimum absolute atomic E-state index is 0.0884. The first-order chi connectivity index (χ1) is 16.5. The van der Waals surface area contributed by atoms with Crippen LogP contribution in [-0.2, 0) is 9.47 Å². The highest BCUT2D eigenvalue weighted by atomic mass is 16.5. The molecule has 27 heavy (non-hydrogen) atoms. The highest BCUT2D eigenvalue weighted by Gasteiger charge is 2.09. The van der Waals surface area contributed by atoms with Crippen molar-refractivity contribution in [1.29, 1.82) is 10.8 Å². The van der Waals surface area contributed by atoms with Gasteiger partial charge in [-0.3, -0.25) is 10.8 Å². The van der Waals surface area contributed by atoms with Crippen LogP contribution in [0.5, 0.6) is 0 Å². The Morgan fingerprint density at radius 1 is 0.778 bits per heavy atom. The molecule has 0 fully saturated rings. The van der Waals surface area contributed by atoms with Crippen molar-refractivity contribution in [2.75, 3.05) is 13.2 Å². The number of nitrogens with one attached hydrogen (secondary N) is 2. The van der Waals surface area contributed by atoms with Crippen LogP contribution in [0.3, 0.4) is 0 Å². The van der Waals surface area contributed by atoms with Crippen LogP contribution in [0.15, 0.2) is 64.9 Å². The highest BCUT2D eigenvalue weighted by Crippen LogP contribution is 2.29. The summed E-state index contributed by atoms with van der Waals surface area (Å²) in [5, 5.41) is 15.8. The summed E-state index contributed by atoms with van der Waals surface area (Å²) in [6.07, 6.45) is 0. The Morgan fingerprint density at radius 2 is 1.15 bits per heavy atom. The van der Waals surface area contributed by atoms with Gasteiger partial charge in [0.25, 0.3) is 0 Å². The van der Waals surface area contributed by atoms with E-state index in [2.05, 4.69) is 0 Å². The van der Waals surface area contributed by atoms with E-state index in [1.54, 1.807) is 13.8 Å². The van der Waals surface area contributed by atoms with Crippen LogP contribution < -0.4 is 0 Å². The molecule has 0 spiro atoms. The van der Waals surface area contributed by atoms with Gasteiger partial charge < -0.3 is 13.9 Å². The molecule has 0 bridgehead atoms. The average molecular weight is 370 g/mol. The van der Waals surface area contributed by atoms with Gasteiger partial charge in [-0.2, -0.15) is 0 Å². The molecule has 2 aromatic carbocycles. The fourth-order valence-corrected chi connectivity index (χ4v) is 2.14. The zero-order chi connectivity index (χ0) is 26.2. The lowest BCUT2D eigenvalue weighted by Gasteiger charge is -2.06. The second-order valence-corrected chi connectivity index (χ2v) is 5.19. The number of rotatable bonds is 6. The van der Waals surface area contributed by atoms with Gasteiger partial charge in [-0.1, -0.05) is 24.2 Å².